The summed E-state index contributed by atoms with van der Waals surface area (Å²) in [7, 11) is 2.19. The zero-order valence-electron chi connectivity index (χ0n) is 14.1. The maximum atomic E-state index is 4.28. The van der Waals surface area contributed by atoms with E-state index < -0.39 is 0 Å². The second-order valence-corrected chi connectivity index (χ2v) is 6.60. The summed E-state index contributed by atoms with van der Waals surface area (Å²) in [6, 6.07) is 11.2. The average molecular weight is 301 g/mol. The fraction of sp³-hybridized carbons (Fsp3) is 0.238. The van der Waals surface area contributed by atoms with Crippen molar-refractivity contribution < 1.29 is 4.57 Å². The summed E-state index contributed by atoms with van der Waals surface area (Å²) in [5, 5.41) is 0. The number of pyridine rings is 2. The van der Waals surface area contributed by atoms with Crippen molar-refractivity contribution in [3.8, 4) is 22.4 Å². The quantitative estimate of drug-likeness (QED) is 0.484. The Morgan fingerprint density at radius 3 is 2.61 bits per heavy atom. The third-order valence-corrected chi connectivity index (χ3v) is 5.12. The number of hydrogen-bond donors (Lipinski definition) is 0. The molecule has 0 unspecified atom stereocenters. The molecule has 2 heteroatoms. The van der Waals surface area contributed by atoms with Gasteiger partial charge in [0.25, 0.3) is 0 Å². The van der Waals surface area contributed by atoms with E-state index in [9.17, 15) is 0 Å². The minimum Gasteiger partial charge on any atom is -0.264 e. The highest BCUT2D eigenvalue weighted by atomic mass is 15.0. The molecule has 1 aliphatic rings. The normalized spacial score (nSPS) is 12.2. The molecule has 1 aromatic carbocycles. The Morgan fingerprint density at radius 2 is 1.78 bits per heavy atom. The van der Waals surface area contributed by atoms with Crippen LogP contribution in [0.1, 0.15) is 27.9 Å². The van der Waals surface area contributed by atoms with Gasteiger partial charge < -0.3 is 0 Å². The van der Waals surface area contributed by atoms with Gasteiger partial charge in [0.1, 0.15) is 7.05 Å². The summed E-state index contributed by atoms with van der Waals surface area (Å²) < 4.78 is 2.36. The molecule has 0 bridgehead atoms. The lowest BCUT2D eigenvalue weighted by molar-refractivity contribution is -0.666. The highest BCUT2D eigenvalue weighted by molar-refractivity contribution is 5.75. The number of rotatable bonds is 1. The maximum Gasteiger partial charge on any atom is 0.212 e. The van der Waals surface area contributed by atoms with E-state index in [4.69, 9.17) is 0 Å². The maximum absolute atomic E-state index is 4.28. The molecule has 3 aromatic rings. The van der Waals surface area contributed by atoms with Crippen molar-refractivity contribution in [3.05, 3.63) is 70.7 Å². The van der Waals surface area contributed by atoms with Gasteiger partial charge in [-0.1, -0.05) is 11.6 Å². The topological polar surface area (TPSA) is 16.8 Å². The summed E-state index contributed by atoms with van der Waals surface area (Å²) in [6.45, 7) is 6.58. The molecule has 0 fully saturated rings. The van der Waals surface area contributed by atoms with Crippen LogP contribution >= 0.6 is 0 Å². The van der Waals surface area contributed by atoms with Gasteiger partial charge in [-0.2, -0.15) is 4.57 Å². The SMILES string of the molecule is Cc1cc(C)c(C)c(-c2ccc3c([n+]2C)Cc2cnccc2-3)c1. The molecule has 0 saturated heterocycles. The van der Waals surface area contributed by atoms with Crippen molar-refractivity contribution in [2.45, 2.75) is 27.2 Å². The summed E-state index contributed by atoms with van der Waals surface area (Å²) in [6.07, 6.45) is 4.85. The number of fused-ring (bicyclic) bond motifs is 3. The van der Waals surface area contributed by atoms with Crippen LogP contribution in [-0.2, 0) is 13.5 Å². The third-order valence-electron chi connectivity index (χ3n) is 5.12. The molecular formula is C21H21N2+. The van der Waals surface area contributed by atoms with Crippen molar-refractivity contribution in [1.29, 1.82) is 0 Å². The van der Waals surface area contributed by atoms with E-state index in [1.165, 1.54) is 50.3 Å². The number of benzene rings is 1. The zero-order chi connectivity index (χ0) is 16.1. The Morgan fingerprint density at radius 1 is 0.957 bits per heavy atom. The first-order chi connectivity index (χ1) is 11.1. The van der Waals surface area contributed by atoms with Crippen LogP contribution in [0.3, 0.4) is 0 Å². The van der Waals surface area contributed by atoms with E-state index in [2.05, 4.69) is 67.7 Å². The predicted octanol–water partition coefficient (Wildman–Crippen LogP) is 4.07. The molecule has 4 rings (SSSR count). The van der Waals surface area contributed by atoms with Crippen LogP contribution in [0.2, 0.25) is 0 Å². The molecule has 0 aliphatic heterocycles. The third kappa shape index (κ3) is 2.09. The molecule has 0 spiro atoms. The van der Waals surface area contributed by atoms with Gasteiger partial charge in [-0.05, 0) is 61.2 Å². The summed E-state index contributed by atoms with van der Waals surface area (Å²) >= 11 is 0. The fourth-order valence-corrected chi connectivity index (χ4v) is 3.74. The van der Waals surface area contributed by atoms with Gasteiger partial charge >= 0.3 is 0 Å². The Labute approximate surface area is 137 Å². The Kier molecular flexibility index (Phi) is 3.08. The van der Waals surface area contributed by atoms with Gasteiger partial charge in [0.2, 0.25) is 5.69 Å². The predicted molar refractivity (Wildman–Crippen MR) is 93.3 cm³/mol. The molecule has 2 nitrogen and oxygen atoms in total. The second kappa shape index (κ2) is 5.02. The fourth-order valence-electron chi connectivity index (χ4n) is 3.74. The number of nitrogens with zero attached hydrogens (tertiary/aromatic N) is 2. The number of aryl methyl sites for hydroxylation is 2. The molecule has 0 radical (unpaired) electrons. The molecule has 23 heavy (non-hydrogen) atoms. The molecule has 2 aromatic heterocycles. The molecule has 2 heterocycles. The monoisotopic (exact) mass is 301 g/mol. The lowest BCUT2D eigenvalue weighted by Gasteiger charge is -2.11. The lowest BCUT2D eigenvalue weighted by atomic mass is 9.96. The molecule has 0 saturated carbocycles. The second-order valence-electron chi connectivity index (χ2n) is 6.60. The average Bonchev–Trinajstić information content (AvgIpc) is 2.91. The Balaban J connectivity index is 1.93. The van der Waals surface area contributed by atoms with Gasteiger partial charge in [-0.25, -0.2) is 0 Å². The highest BCUT2D eigenvalue weighted by Gasteiger charge is 2.28. The van der Waals surface area contributed by atoms with E-state index in [1.807, 2.05) is 12.4 Å². The molecular weight excluding hydrogens is 280 g/mol. The molecule has 114 valence electrons. The first-order valence-electron chi connectivity index (χ1n) is 8.09. The van der Waals surface area contributed by atoms with Gasteiger partial charge in [-0.15, -0.1) is 0 Å². The minimum absolute atomic E-state index is 0.965. The van der Waals surface area contributed by atoms with Crippen LogP contribution < -0.4 is 4.57 Å². The first kappa shape index (κ1) is 14.1. The number of aromatic nitrogens is 2. The minimum atomic E-state index is 0.965. The van der Waals surface area contributed by atoms with E-state index in [-0.39, 0.29) is 0 Å². The van der Waals surface area contributed by atoms with Gasteiger partial charge in [0.05, 0.1) is 6.42 Å². The van der Waals surface area contributed by atoms with Crippen molar-refractivity contribution >= 4 is 0 Å². The van der Waals surface area contributed by atoms with Crippen LogP contribution in [0, 0.1) is 20.8 Å². The lowest BCUT2D eigenvalue weighted by Crippen LogP contribution is -2.36. The summed E-state index contributed by atoms with van der Waals surface area (Å²) in [5.41, 5.74) is 12.0. The van der Waals surface area contributed by atoms with E-state index >= 15 is 0 Å². The largest absolute Gasteiger partial charge is 0.264 e. The highest BCUT2D eigenvalue weighted by Crippen LogP contribution is 2.35. The van der Waals surface area contributed by atoms with Gasteiger partial charge in [0.15, 0.2) is 5.69 Å². The summed E-state index contributed by atoms with van der Waals surface area (Å²) in [5.74, 6) is 0. The smallest absolute Gasteiger partial charge is 0.212 e. The van der Waals surface area contributed by atoms with Crippen LogP contribution in [0.25, 0.3) is 22.4 Å². The van der Waals surface area contributed by atoms with E-state index in [0.29, 0.717) is 0 Å². The van der Waals surface area contributed by atoms with Crippen LogP contribution in [-0.4, -0.2) is 4.98 Å². The molecule has 0 amide bonds. The van der Waals surface area contributed by atoms with Crippen LogP contribution in [0.15, 0.2) is 42.7 Å². The van der Waals surface area contributed by atoms with E-state index in [0.717, 1.165) is 6.42 Å². The van der Waals surface area contributed by atoms with Crippen molar-refractivity contribution in [1.82, 2.24) is 4.98 Å². The molecule has 1 aliphatic carbocycles. The van der Waals surface area contributed by atoms with Crippen molar-refractivity contribution in [2.24, 2.45) is 7.05 Å². The Hall–Kier alpha value is -2.48. The molecule has 0 atom stereocenters. The first-order valence-corrected chi connectivity index (χ1v) is 8.09. The number of hydrogen-bond acceptors (Lipinski definition) is 1. The summed E-state index contributed by atoms with van der Waals surface area (Å²) in [4.78, 5) is 4.28. The standard InChI is InChI=1S/C21H21N2/c1-13-9-14(2)15(3)19(10-13)20-6-5-18-17-7-8-22-12-16(17)11-21(18)23(20)4/h5-10,12H,11H2,1-4H3/q+1. The Bertz CT molecular complexity index is 939. The van der Waals surface area contributed by atoms with Crippen LogP contribution in [0.5, 0.6) is 0 Å². The van der Waals surface area contributed by atoms with Gasteiger partial charge in [0, 0.05) is 29.6 Å². The van der Waals surface area contributed by atoms with Crippen molar-refractivity contribution in [3.63, 3.8) is 0 Å². The zero-order valence-corrected chi connectivity index (χ0v) is 14.1. The van der Waals surface area contributed by atoms with Crippen molar-refractivity contribution in [2.75, 3.05) is 0 Å². The molecule has 0 N–H and O–H groups in total. The van der Waals surface area contributed by atoms with Crippen LogP contribution in [0.4, 0.5) is 0 Å². The van der Waals surface area contributed by atoms with E-state index in [1.54, 1.807) is 0 Å². The van der Waals surface area contributed by atoms with Gasteiger partial charge in [-0.3, -0.25) is 4.98 Å².